The fraction of sp³-hybridized carbons (Fsp3) is 0.263. The summed E-state index contributed by atoms with van der Waals surface area (Å²) in [5, 5.41) is 0. The molecule has 6 heteroatoms. The standard InChI is InChI=1S/C19H18F2O4/c1-2-24-19(23)10-9-18(22)13-4-7-16(8-5-13)25-12-14-3-6-15(20)11-17(14)21/h3-8,11H,2,9-10,12H2,1H3. The monoisotopic (exact) mass is 348 g/mol. The maximum atomic E-state index is 13.5. The molecule has 132 valence electrons. The number of carbonyl (C=O) groups excluding carboxylic acids is 2. The minimum atomic E-state index is -0.675. The SMILES string of the molecule is CCOC(=O)CCC(=O)c1ccc(OCc2ccc(F)cc2F)cc1. The van der Waals surface area contributed by atoms with Gasteiger partial charge >= 0.3 is 5.97 Å². The number of carbonyl (C=O) groups is 2. The fourth-order valence-corrected chi connectivity index (χ4v) is 2.13. The van der Waals surface area contributed by atoms with Crippen LogP contribution in [-0.4, -0.2) is 18.4 Å². The summed E-state index contributed by atoms with van der Waals surface area (Å²) in [5.74, 6) is -1.45. The maximum absolute atomic E-state index is 13.5. The summed E-state index contributed by atoms with van der Waals surface area (Å²) in [6, 6.07) is 9.58. The van der Waals surface area contributed by atoms with Crippen LogP contribution in [0.1, 0.15) is 35.7 Å². The van der Waals surface area contributed by atoms with Gasteiger partial charge in [-0.25, -0.2) is 8.78 Å². The fourth-order valence-electron chi connectivity index (χ4n) is 2.13. The van der Waals surface area contributed by atoms with Crippen molar-refractivity contribution in [1.82, 2.24) is 0 Å². The molecule has 2 aromatic carbocycles. The number of hydrogen-bond acceptors (Lipinski definition) is 4. The van der Waals surface area contributed by atoms with Gasteiger partial charge in [0.25, 0.3) is 0 Å². The van der Waals surface area contributed by atoms with E-state index in [4.69, 9.17) is 9.47 Å². The van der Waals surface area contributed by atoms with E-state index < -0.39 is 17.6 Å². The minimum Gasteiger partial charge on any atom is -0.489 e. The lowest BCUT2D eigenvalue weighted by Gasteiger charge is -2.08. The predicted molar refractivity (Wildman–Crippen MR) is 87.3 cm³/mol. The van der Waals surface area contributed by atoms with Gasteiger partial charge in [0.2, 0.25) is 0 Å². The number of esters is 1. The molecule has 0 N–H and O–H groups in total. The molecule has 0 aliphatic rings. The van der Waals surface area contributed by atoms with Gasteiger partial charge in [0.05, 0.1) is 13.0 Å². The van der Waals surface area contributed by atoms with E-state index in [1.807, 2.05) is 0 Å². The Morgan fingerprint density at radius 1 is 1.00 bits per heavy atom. The van der Waals surface area contributed by atoms with Gasteiger partial charge in [-0.3, -0.25) is 9.59 Å². The average molecular weight is 348 g/mol. The Kier molecular flexibility index (Phi) is 6.62. The summed E-state index contributed by atoms with van der Waals surface area (Å²) in [7, 11) is 0. The van der Waals surface area contributed by atoms with E-state index in [1.165, 1.54) is 6.07 Å². The number of hydrogen-bond donors (Lipinski definition) is 0. The number of ketones is 1. The van der Waals surface area contributed by atoms with Crippen molar-refractivity contribution in [3.05, 3.63) is 65.2 Å². The lowest BCUT2D eigenvalue weighted by molar-refractivity contribution is -0.143. The van der Waals surface area contributed by atoms with Crippen LogP contribution in [0.15, 0.2) is 42.5 Å². The topological polar surface area (TPSA) is 52.6 Å². The van der Waals surface area contributed by atoms with Gasteiger partial charge in [-0.1, -0.05) is 0 Å². The Balaban J connectivity index is 1.88. The summed E-state index contributed by atoms with van der Waals surface area (Å²) in [6.07, 6.45) is 0.106. The highest BCUT2D eigenvalue weighted by molar-refractivity contribution is 5.97. The predicted octanol–water partition coefficient (Wildman–Crippen LogP) is 4.07. The second-order valence-corrected chi connectivity index (χ2v) is 5.28. The van der Waals surface area contributed by atoms with Crippen molar-refractivity contribution < 1.29 is 27.8 Å². The first kappa shape index (κ1) is 18.6. The van der Waals surface area contributed by atoms with Gasteiger partial charge in [-0.15, -0.1) is 0 Å². The molecule has 0 saturated carbocycles. The molecule has 0 radical (unpaired) electrons. The van der Waals surface area contributed by atoms with Crippen molar-refractivity contribution >= 4 is 11.8 Å². The molecule has 0 heterocycles. The highest BCUT2D eigenvalue weighted by Gasteiger charge is 2.10. The average Bonchev–Trinajstić information content (AvgIpc) is 2.59. The molecule has 0 amide bonds. The molecule has 0 spiro atoms. The van der Waals surface area contributed by atoms with Crippen LogP contribution >= 0.6 is 0 Å². The van der Waals surface area contributed by atoms with Crippen molar-refractivity contribution in [2.45, 2.75) is 26.4 Å². The Labute approximate surface area is 144 Å². The van der Waals surface area contributed by atoms with E-state index >= 15 is 0 Å². The maximum Gasteiger partial charge on any atom is 0.306 e. The van der Waals surface area contributed by atoms with Crippen molar-refractivity contribution in [3.8, 4) is 5.75 Å². The Bertz CT molecular complexity index is 742. The van der Waals surface area contributed by atoms with E-state index in [-0.39, 0.29) is 37.4 Å². The highest BCUT2D eigenvalue weighted by atomic mass is 19.1. The molecule has 25 heavy (non-hydrogen) atoms. The Morgan fingerprint density at radius 3 is 2.36 bits per heavy atom. The number of halogens is 2. The van der Waals surface area contributed by atoms with Gasteiger partial charge in [-0.2, -0.15) is 0 Å². The van der Waals surface area contributed by atoms with Gasteiger partial charge in [0.1, 0.15) is 24.0 Å². The zero-order valence-corrected chi connectivity index (χ0v) is 13.8. The summed E-state index contributed by atoms with van der Waals surface area (Å²) in [5.41, 5.74) is 0.681. The normalized spacial score (nSPS) is 10.4. The van der Waals surface area contributed by atoms with Crippen molar-refractivity contribution in [2.75, 3.05) is 6.61 Å². The van der Waals surface area contributed by atoms with Crippen LogP contribution < -0.4 is 4.74 Å². The first-order valence-electron chi connectivity index (χ1n) is 7.85. The van der Waals surface area contributed by atoms with Crippen molar-refractivity contribution in [2.24, 2.45) is 0 Å². The molecule has 2 aromatic rings. The van der Waals surface area contributed by atoms with Gasteiger partial charge < -0.3 is 9.47 Å². The molecular formula is C19H18F2O4. The molecule has 0 bridgehead atoms. The summed E-state index contributed by atoms with van der Waals surface area (Å²) >= 11 is 0. The molecule has 0 aromatic heterocycles. The van der Waals surface area contributed by atoms with Crippen LogP contribution in [0.5, 0.6) is 5.75 Å². The number of ether oxygens (including phenoxy) is 2. The zero-order chi connectivity index (χ0) is 18.2. The molecule has 0 aliphatic carbocycles. The first-order valence-corrected chi connectivity index (χ1v) is 7.85. The van der Waals surface area contributed by atoms with Crippen molar-refractivity contribution in [1.29, 1.82) is 0 Å². The Hall–Kier alpha value is -2.76. The summed E-state index contributed by atoms with van der Waals surface area (Å²) < 4.78 is 36.6. The number of rotatable bonds is 8. The van der Waals surface area contributed by atoms with E-state index in [0.717, 1.165) is 12.1 Å². The number of Topliss-reactive ketones (excluding diaryl/α,β-unsaturated/α-hetero) is 1. The first-order chi connectivity index (χ1) is 12.0. The second-order valence-electron chi connectivity index (χ2n) is 5.28. The van der Waals surface area contributed by atoms with Gasteiger partial charge in [0, 0.05) is 23.6 Å². The number of benzene rings is 2. The lowest BCUT2D eigenvalue weighted by Crippen LogP contribution is -2.08. The third kappa shape index (κ3) is 5.67. The largest absolute Gasteiger partial charge is 0.489 e. The van der Waals surface area contributed by atoms with E-state index in [9.17, 15) is 18.4 Å². The van der Waals surface area contributed by atoms with Crippen LogP contribution in [0, 0.1) is 11.6 Å². The lowest BCUT2D eigenvalue weighted by atomic mass is 10.1. The molecule has 0 saturated heterocycles. The third-order valence-electron chi connectivity index (χ3n) is 3.45. The van der Waals surface area contributed by atoms with Crippen LogP contribution in [0.2, 0.25) is 0 Å². The van der Waals surface area contributed by atoms with Crippen LogP contribution in [0.25, 0.3) is 0 Å². The zero-order valence-electron chi connectivity index (χ0n) is 13.8. The van der Waals surface area contributed by atoms with E-state index in [0.29, 0.717) is 11.3 Å². The smallest absolute Gasteiger partial charge is 0.306 e. The second kappa shape index (κ2) is 8.92. The molecule has 0 aliphatic heterocycles. The third-order valence-corrected chi connectivity index (χ3v) is 3.45. The van der Waals surface area contributed by atoms with Crippen LogP contribution in [0.4, 0.5) is 8.78 Å². The van der Waals surface area contributed by atoms with Crippen molar-refractivity contribution in [3.63, 3.8) is 0 Å². The molecule has 4 nitrogen and oxygen atoms in total. The van der Waals surface area contributed by atoms with Gasteiger partial charge in [0.15, 0.2) is 5.78 Å². The highest BCUT2D eigenvalue weighted by Crippen LogP contribution is 2.17. The van der Waals surface area contributed by atoms with Crippen LogP contribution in [-0.2, 0) is 16.1 Å². The van der Waals surface area contributed by atoms with E-state index in [1.54, 1.807) is 31.2 Å². The molecular weight excluding hydrogens is 330 g/mol. The molecule has 0 unspecified atom stereocenters. The van der Waals surface area contributed by atoms with E-state index in [2.05, 4.69) is 0 Å². The summed E-state index contributed by atoms with van der Waals surface area (Å²) in [6.45, 7) is 1.94. The molecule has 2 rings (SSSR count). The minimum absolute atomic E-state index is 0.0365. The molecule has 0 atom stereocenters. The quantitative estimate of drug-likeness (QED) is 0.533. The molecule has 0 fully saturated rings. The summed E-state index contributed by atoms with van der Waals surface area (Å²) in [4.78, 5) is 23.2. The Morgan fingerprint density at radius 2 is 1.72 bits per heavy atom. The van der Waals surface area contributed by atoms with Crippen LogP contribution in [0.3, 0.4) is 0 Å². The van der Waals surface area contributed by atoms with Gasteiger partial charge in [-0.05, 0) is 43.3 Å².